The number of benzene rings is 3. The molecule has 0 radical (unpaired) electrons. The number of nitro benzene ring substituents is 2. The van der Waals surface area contributed by atoms with Crippen LogP contribution in [0.3, 0.4) is 0 Å². The summed E-state index contributed by atoms with van der Waals surface area (Å²) >= 11 is 0. The minimum Gasteiger partial charge on any atom is -0.349 e. The summed E-state index contributed by atoms with van der Waals surface area (Å²) in [4.78, 5) is 25.1. The van der Waals surface area contributed by atoms with Gasteiger partial charge in [-0.05, 0) is 6.07 Å². The first-order valence-corrected chi connectivity index (χ1v) is 10.2. The van der Waals surface area contributed by atoms with E-state index in [1.165, 1.54) is 34.2 Å². The van der Waals surface area contributed by atoms with Crippen LogP contribution in [0.15, 0.2) is 78.9 Å². The molecule has 0 bridgehead atoms. The number of rotatable bonds is 6. The van der Waals surface area contributed by atoms with Gasteiger partial charge in [0.15, 0.2) is 5.69 Å². The van der Waals surface area contributed by atoms with Gasteiger partial charge in [-0.2, -0.15) is 0 Å². The van der Waals surface area contributed by atoms with E-state index in [1.54, 1.807) is 4.90 Å². The first kappa shape index (κ1) is 20.5. The van der Waals surface area contributed by atoms with Crippen LogP contribution >= 0.6 is 0 Å². The second-order valence-corrected chi connectivity index (χ2v) is 7.56. The van der Waals surface area contributed by atoms with Gasteiger partial charge >= 0.3 is 0 Å². The molecule has 1 saturated heterocycles. The summed E-state index contributed by atoms with van der Waals surface area (Å²) in [5.74, 6) is 0. The molecule has 4 rings (SSSR count). The Labute approximate surface area is 179 Å². The highest BCUT2D eigenvalue weighted by molar-refractivity contribution is 5.75. The van der Waals surface area contributed by atoms with Gasteiger partial charge < -0.3 is 9.80 Å². The monoisotopic (exact) mass is 419 g/mol. The molecule has 0 spiro atoms. The van der Waals surface area contributed by atoms with E-state index >= 15 is 0 Å². The summed E-state index contributed by atoms with van der Waals surface area (Å²) in [5, 5.41) is 23.1. The maximum absolute atomic E-state index is 11.5. The van der Waals surface area contributed by atoms with Crippen molar-refractivity contribution in [1.82, 2.24) is 0 Å². The van der Waals surface area contributed by atoms with E-state index in [9.17, 15) is 20.2 Å². The smallest absolute Gasteiger partial charge is 0.299 e. The van der Waals surface area contributed by atoms with Crippen molar-refractivity contribution in [3.63, 3.8) is 0 Å². The SMILES string of the molecule is O=[N+]([O-])c1cccc([N+](=O)[O-])c1N1CC[NH+](C(c2ccccc2)c2ccccc2)CC1. The summed E-state index contributed by atoms with van der Waals surface area (Å²) in [6, 6.07) is 24.7. The lowest BCUT2D eigenvalue weighted by Gasteiger charge is -2.37. The zero-order valence-corrected chi connectivity index (χ0v) is 16.9. The van der Waals surface area contributed by atoms with Gasteiger partial charge in [-0.3, -0.25) is 20.2 Å². The van der Waals surface area contributed by atoms with Crippen molar-refractivity contribution in [3.05, 3.63) is 110 Å². The number of nitrogens with one attached hydrogen (secondary N) is 1. The predicted molar refractivity (Wildman–Crippen MR) is 117 cm³/mol. The van der Waals surface area contributed by atoms with Crippen LogP contribution in [0, 0.1) is 20.2 Å². The molecule has 8 heteroatoms. The van der Waals surface area contributed by atoms with Crippen molar-refractivity contribution in [1.29, 1.82) is 0 Å². The molecule has 8 nitrogen and oxygen atoms in total. The molecule has 158 valence electrons. The molecule has 0 amide bonds. The number of anilines is 1. The molecular weight excluding hydrogens is 396 g/mol. The maximum Gasteiger partial charge on any atom is 0.299 e. The summed E-state index contributed by atoms with van der Waals surface area (Å²) < 4.78 is 0. The second kappa shape index (κ2) is 8.93. The summed E-state index contributed by atoms with van der Waals surface area (Å²) in [5.41, 5.74) is 2.07. The van der Waals surface area contributed by atoms with Gasteiger partial charge in [-0.25, -0.2) is 0 Å². The molecule has 0 aromatic heterocycles. The molecule has 31 heavy (non-hydrogen) atoms. The van der Waals surface area contributed by atoms with E-state index in [0.29, 0.717) is 26.2 Å². The molecule has 0 unspecified atom stereocenters. The highest BCUT2D eigenvalue weighted by Gasteiger charge is 2.35. The Kier molecular flexibility index (Phi) is 5.90. The summed E-state index contributed by atoms with van der Waals surface area (Å²) in [6.45, 7) is 2.41. The molecular formula is C23H23N4O4+. The molecule has 1 aliphatic heterocycles. The Morgan fingerprint density at radius 3 is 1.58 bits per heavy atom. The van der Waals surface area contributed by atoms with Gasteiger partial charge in [-0.1, -0.05) is 60.7 Å². The van der Waals surface area contributed by atoms with Crippen molar-refractivity contribution in [2.45, 2.75) is 6.04 Å². The minimum absolute atomic E-state index is 0.104. The van der Waals surface area contributed by atoms with Gasteiger partial charge in [0.25, 0.3) is 11.4 Å². The van der Waals surface area contributed by atoms with E-state index < -0.39 is 9.85 Å². The third-order valence-electron chi connectivity index (χ3n) is 5.78. The van der Waals surface area contributed by atoms with E-state index in [0.717, 1.165) is 0 Å². The van der Waals surface area contributed by atoms with Gasteiger partial charge in [0.1, 0.15) is 6.04 Å². The Morgan fingerprint density at radius 1 is 0.710 bits per heavy atom. The van der Waals surface area contributed by atoms with Gasteiger partial charge in [0.05, 0.1) is 36.0 Å². The van der Waals surface area contributed by atoms with Crippen molar-refractivity contribution >= 4 is 17.1 Å². The first-order valence-electron chi connectivity index (χ1n) is 10.2. The van der Waals surface area contributed by atoms with Crippen molar-refractivity contribution in [3.8, 4) is 0 Å². The lowest BCUT2D eigenvalue weighted by molar-refractivity contribution is -0.926. The first-order chi connectivity index (χ1) is 15.1. The van der Waals surface area contributed by atoms with Crippen LogP contribution in [0.4, 0.5) is 17.1 Å². The van der Waals surface area contributed by atoms with Crippen LogP contribution < -0.4 is 9.80 Å². The number of hydrogen-bond donors (Lipinski definition) is 1. The molecule has 0 aliphatic carbocycles. The zero-order valence-electron chi connectivity index (χ0n) is 16.9. The fraction of sp³-hybridized carbons (Fsp3) is 0.217. The lowest BCUT2D eigenvalue weighted by Crippen LogP contribution is -3.15. The van der Waals surface area contributed by atoms with Crippen molar-refractivity contribution in [2.75, 3.05) is 31.1 Å². The van der Waals surface area contributed by atoms with E-state index in [2.05, 4.69) is 24.3 Å². The number of hydrogen-bond acceptors (Lipinski definition) is 5. The number of nitrogens with zero attached hydrogens (tertiary/aromatic N) is 3. The Hall–Kier alpha value is -3.78. The highest BCUT2D eigenvalue weighted by atomic mass is 16.6. The summed E-state index contributed by atoms with van der Waals surface area (Å²) in [6.07, 6.45) is 0. The molecule has 1 heterocycles. The van der Waals surface area contributed by atoms with Crippen LogP contribution in [0.1, 0.15) is 17.2 Å². The lowest BCUT2D eigenvalue weighted by atomic mass is 9.96. The highest BCUT2D eigenvalue weighted by Crippen LogP contribution is 2.37. The molecule has 0 saturated carbocycles. The largest absolute Gasteiger partial charge is 0.349 e. The Morgan fingerprint density at radius 2 is 1.16 bits per heavy atom. The number of nitro groups is 2. The van der Waals surface area contributed by atoms with Crippen molar-refractivity contribution in [2.24, 2.45) is 0 Å². The third-order valence-corrected chi connectivity index (χ3v) is 5.78. The van der Waals surface area contributed by atoms with E-state index in [-0.39, 0.29) is 23.1 Å². The van der Waals surface area contributed by atoms with Gasteiger partial charge in [0.2, 0.25) is 0 Å². The molecule has 0 atom stereocenters. The molecule has 3 aromatic carbocycles. The standard InChI is InChI=1S/C23H22N4O4/c28-26(29)20-12-7-13-21(27(30)31)23(20)25-16-14-24(15-17-25)22(18-8-3-1-4-9-18)19-10-5-2-6-11-19/h1-13,22H,14-17H2/p+1. The van der Waals surface area contributed by atoms with Crippen LogP contribution in [-0.2, 0) is 0 Å². The minimum atomic E-state index is -0.543. The number of quaternary nitrogens is 1. The maximum atomic E-state index is 11.5. The predicted octanol–water partition coefficient (Wildman–Crippen LogP) is 3.00. The molecule has 1 fully saturated rings. The average Bonchev–Trinajstić information content (AvgIpc) is 2.80. The van der Waals surface area contributed by atoms with Gasteiger partial charge in [0, 0.05) is 23.3 Å². The Bertz CT molecular complexity index is 996. The van der Waals surface area contributed by atoms with E-state index in [1.807, 2.05) is 36.4 Å². The molecule has 1 aliphatic rings. The number of piperazine rings is 1. The zero-order chi connectivity index (χ0) is 21.8. The van der Waals surface area contributed by atoms with Crippen LogP contribution in [0.25, 0.3) is 0 Å². The quantitative estimate of drug-likeness (QED) is 0.490. The Balaban J connectivity index is 1.62. The summed E-state index contributed by atoms with van der Waals surface area (Å²) in [7, 11) is 0. The number of para-hydroxylation sites is 1. The normalized spacial score (nSPS) is 14.5. The van der Waals surface area contributed by atoms with Crippen molar-refractivity contribution < 1.29 is 14.7 Å². The molecule has 1 N–H and O–H groups in total. The topological polar surface area (TPSA) is 94.0 Å². The van der Waals surface area contributed by atoms with Crippen LogP contribution in [0.5, 0.6) is 0 Å². The van der Waals surface area contributed by atoms with Crippen LogP contribution in [-0.4, -0.2) is 36.0 Å². The fourth-order valence-electron chi connectivity index (χ4n) is 4.40. The molecule has 3 aromatic rings. The van der Waals surface area contributed by atoms with E-state index in [4.69, 9.17) is 0 Å². The van der Waals surface area contributed by atoms with Crippen LogP contribution in [0.2, 0.25) is 0 Å². The third kappa shape index (κ3) is 4.24. The fourth-order valence-corrected chi connectivity index (χ4v) is 4.40. The second-order valence-electron chi connectivity index (χ2n) is 7.56. The van der Waals surface area contributed by atoms with Gasteiger partial charge in [-0.15, -0.1) is 0 Å². The average molecular weight is 419 g/mol.